The molecule has 1 aliphatic rings. The van der Waals surface area contributed by atoms with Gasteiger partial charge >= 0.3 is 0 Å². The van der Waals surface area contributed by atoms with Crippen molar-refractivity contribution in [2.24, 2.45) is 5.41 Å². The van der Waals surface area contributed by atoms with E-state index in [9.17, 15) is 5.11 Å². The number of hydrogen-bond donors (Lipinski definition) is 2. The SMILES string of the molecule is COc1cccc(NC(C)(CO)C2(C)CC2)c1. The highest BCUT2D eigenvalue weighted by atomic mass is 16.5. The van der Waals surface area contributed by atoms with Crippen molar-refractivity contribution in [1.82, 2.24) is 0 Å². The molecule has 2 N–H and O–H groups in total. The molecule has 1 aromatic carbocycles. The third kappa shape index (κ3) is 2.25. The van der Waals surface area contributed by atoms with Gasteiger partial charge in [-0.2, -0.15) is 0 Å². The lowest BCUT2D eigenvalue weighted by atomic mass is 9.84. The topological polar surface area (TPSA) is 41.5 Å². The molecule has 2 rings (SSSR count). The van der Waals surface area contributed by atoms with Crippen molar-refractivity contribution in [2.45, 2.75) is 32.2 Å². The summed E-state index contributed by atoms with van der Waals surface area (Å²) in [5, 5.41) is 13.1. The summed E-state index contributed by atoms with van der Waals surface area (Å²) in [5.41, 5.74) is 0.929. The third-order valence-electron chi connectivity index (χ3n) is 4.14. The van der Waals surface area contributed by atoms with Crippen LogP contribution in [-0.2, 0) is 0 Å². The average Bonchev–Trinajstić information content (AvgIpc) is 3.09. The van der Waals surface area contributed by atoms with Crippen LogP contribution in [0.2, 0.25) is 0 Å². The molecule has 94 valence electrons. The summed E-state index contributed by atoms with van der Waals surface area (Å²) >= 11 is 0. The average molecular weight is 235 g/mol. The Kier molecular flexibility index (Phi) is 3.04. The molecule has 1 atom stereocenters. The normalized spacial score (nSPS) is 20.5. The Balaban J connectivity index is 2.18. The molecule has 0 spiro atoms. The largest absolute Gasteiger partial charge is 0.497 e. The van der Waals surface area contributed by atoms with Crippen molar-refractivity contribution < 1.29 is 9.84 Å². The van der Waals surface area contributed by atoms with Crippen LogP contribution in [0.3, 0.4) is 0 Å². The number of nitrogens with one attached hydrogen (secondary N) is 1. The minimum absolute atomic E-state index is 0.140. The van der Waals surface area contributed by atoms with Gasteiger partial charge < -0.3 is 15.2 Å². The van der Waals surface area contributed by atoms with E-state index in [-0.39, 0.29) is 17.6 Å². The van der Waals surface area contributed by atoms with E-state index in [1.807, 2.05) is 24.3 Å². The molecule has 0 aliphatic heterocycles. The van der Waals surface area contributed by atoms with Gasteiger partial charge in [0.05, 0.1) is 19.3 Å². The number of aliphatic hydroxyl groups excluding tert-OH is 1. The van der Waals surface area contributed by atoms with E-state index in [4.69, 9.17) is 4.74 Å². The summed E-state index contributed by atoms with van der Waals surface area (Å²) in [7, 11) is 1.66. The zero-order valence-electron chi connectivity index (χ0n) is 10.8. The Labute approximate surface area is 103 Å². The standard InChI is InChI=1S/C14H21NO2/c1-13(7-8-13)14(2,10-16)15-11-5-4-6-12(9-11)17-3/h4-6,9,15-16H,7-8,10H2,1-3H3. The zero-order valence-corrected chi connectivity index (χ0v) is 10.8. The molecule has 0 radical (unpaired) electrons. The Morgan fingerprint density at radius 2 is 2.18 bits per heavy atom. The van der Waals surface area contributed by atoms with Gasteiger partial charge in [0.15, 0.2) is 0 Å². The molecule has 0 amide bonds. The predicted molar refractivity (Wildman–Crippen MR) is 69.4 cm³/mol. The number of benzene rings is 1. The number of hydrogen-bond acceptors (Lipinski definition) is 3. The van der Waals surface area contributed by atoms with Gasteiger partial charge in [0, 0.05) is 11.8 Å². The predicted octanol–water partition coefficient (Wildman–Crippen LogP) is 2.66. The van der Waals surface area contributed by atoms with Gasteiger partial charge in [-0.1, -0.05) is 13.0 Å². The molecule has 0 heterocycles. The number of ether oxygens (including phenoxy) is 1. The van der Waals surface area contributed by atoms with E-state index in [0.29, 0.717) is 0 Å². The number of rotatable bonds is 5. The van der Waals surface area contributed by atoms with Crippen LogP contribution in [0, 0.1) is 5.41 Å². The summed E-state index contributed by atoms with van der Waals surface area (Å²) in [5.74, 6) is 0.830. The Bertz CT molecular complexity index is 401. The van der Waals surface area contributed by atoms with Crippen LogP contribution in [-0.4, -0.2) is 24.4 Å². The smallest absolute Gasteiger partial charge is 0.120 e. The molecule has 0 aromatic heterocycles. The minimum Gasteiger partial charge on any atom is -0.497 e. The van der Waals surface area contributed by atoms with Crippen molar-refractivity contribution >= 4 is 5.69 Å². The van der Waals surface area contributed by atoms with Crippen molar-refractivity contribution in [2.75, 3.05) is 19.0 Å². The molecule has 1 unspecified atom stereocenters. The number of aliphatic hydroxyl groups is 1. The summed E-state index contributed by atoms with van der Waals surface area (Å²) in [6.45, 7) is 4.44. The highest BCUT2D eigenvalue weighted by molar-refractivity contribution is 5.51. The minimum atomic E-state index is -0.265. The molecule has 17 heavy (non-hydrogen) atoms. The zero-order chi connectivity index (χ0) is 12.5. The lowest BCUT2D eigenvalue weighted by Gasteiger charge is -2.36. The molecule has 0 bridgehead atoms. The van der Waals surface area contributed by atoms with Gasteiger partial charge in [0.1, 0.15) is 5.75 Å². The van der Waals surface area contributed by atoms with E-state index in [1.54, 1.807) is 7.11 Å². The van der Waals surface area contributed by atoms with Gasteiger partial charge in [-0.25, -0.2) is 0 Å². The molecule has 1 saturated carbocycles. The molecule has 1 fully saturated rings. The van der Waals surface area contributed by atoms with Crippen LogP contribution in [0.1, 0.15) is 26.7 Å². The fourth-order valence-corrected chi connectivity index (χ4v) is 2.14. The maximum Gasteiger partial charge on any atom is 0.120 e. The number of anilines is 1. The lowest BCUT2D eigenvalue weighted by Crippen LogP contribution is -2.46. The van der Waals surface area contributed by atoms with E-state index in [1.165, 1.54) is 12.8 Å². The molecule has 3 heteroatoms. The van der Waals surface area contributed by atoms with E-state index in [0.717, 1.165) is 11.4 Å². The van der Waals surface area contributed by atoms with Gasteiger partial charge in [-0.3, -0.25) is 0 Å². The Hall–Kier alpha value is -1.22. The third-order valence-corrected chi connectivity index (χ3v) is 4.14. The second-order valence-corrected chi connectivity index (χ2v) is 5.41. The van der Waals surface area contributed by atoms with E-state index in [2.05, 4.69) is 19.2 Å². The van der Waals surface area contributed by atoms with Gasteiger partial charge in [0.2, 0.25) is 0 Å². The maximum absolute atomic E-state index is 9.65. The van der Waals surface area contributed by atoms with Crippen LogP contribution >= 0.6 is 0 Å². The van der Waals surface area contributed by atoms with Crippen LogP contribution in [0.5, 0.6) is 5.75 Å². The summed E-state index contributed by atoms with van der Waals surface area (Å²) in [4.78, 5) is 0. The molecule has 3 nitrogen and oxygen atoms in total. The van der Waals surface area contributed by atoms with Gasteiger partial charge in [-0.15, -0.1) is 0 Å². The summed E-state index contributed by atoms with van der Waals surface area (Å²) in [6, 6.07) is 7.83. The fraction of sp³-hybridized carbons (Fsp3) is 0.571. The quantitative estimate of drug-likeness (QED) is 0.824. The van der Waals surface area contributed by atoms with Crippen molar-refractivity contribution in [1.29, 1.82) is 0 Å². The number of methoxy groups -OCH3 is 1. The van der Waals surface area contributed by atoms with Crippen molar-refractivity contribution in [3.63, 3.8) is 0 Å². The first-order valence-corrected chi connectivity index (χ1v) is 6.06. The summed E-state index contributed by atoms with van der Waals surface area (Å²) in [6.07, 6.45) is 2.34. The van der Waals surface area contributed by atoms with Gasteiger partial charge in [0.25, 0.3) is 0 Å². The second-order valence-electron chi connectivity index (χ2n) is 5.41. The fourth-order valence-electron chi connectivity index (χ4n) is 2.14. The highest BCUT2D eigenvalue weighted by Gasteiger charge is 2.52. The van der Waals surface area contributed by atoms with Crippen molar-refractivity contribution in [3.8, 4) is 5.75 Å². The molecular formula is C14H21NO2. The Morgan fingerprint density at radius 1 is 1.47 bits per heavy atom. The first-order valence-electron chi connectivity index (χ1n) is 6.06. The first kappa shape index (κ1) is 12.2. The van der Waals surface area contributed by atoms with E-state index < -0.39 is 0 Å². The van der Waals surface area contributed by atoms with Crippen LogP contribution in [0.4, 0.5) is 5.69 Å². The lowest BCUT2D eigenvalue weighted by molar-refractivity contribution is 0.167. The van der Waals surface area contributed by atoms with Crippen LogP contribution < -0.4 is 10.1 Å². The van der Waals surface area contributed by atoms with Gasteiger partial charge in [-0.05, 0) is 37.3 Å². The Morgan fingerprint density at radius 3 is 2.71 bits per heavy atom. The molecule has 1 aromatic rings. The second kappa shape index (κ2) is 4.22. The summed E-state index contributed by atoms with van der Waals surface area (Å²) < 4.78 is 5.20. The maximum atomic E-state index is 9.65. The first-order chi connectivity index (χ1) is 8.03. The van der Waals surface area contributed by atoms with Crippen LogP contribution in [0.15, 0.2) is 24.3 Å². The molecular weight excluding hydrogens is 214 g/mol. The highest BCUT2D eigenvalue weighted by Crippen LogP contribution is 2.54. The van der Waals surface area contributed by atoms with E-state index >= 15 is 0 Å². The molecule has 1 aliphatic carbocycles. The van der Waals surface area contributed by atoms with Crippen molar-refractivity contribution in [3.05, 3.63) is 24.3 Å². The monoisotopic (exact) mass is 235 g/mol. The van der Waals surface area contributed by atoms with Crippen LogP contribution in [0.25, 0.3) is 0 Å². The molecule has 0 saturated heterocycles.